The Morgan fingerprint density at radius 1 is 1.00 bits per heavy atom. The second kappa shape index (κ2) is 7.03. The lowest BCUT2D eigenvalue weighted by Crippen LogP contribution is -2.40. The number of rotatable bonds is 3. The highest BCUT2D eigenvalue weighted by Gasteiger charge is 2.18. The van der Waals surface area contributed by atoms with Crippen LogP contribution in [-0.2, 0) is 0 Å². The van der Waals surface area contributed by atoms with E-state index < -0.39 is 5.91 Å². The van der Waals surface area contributed by atoms with Crippen LogP contribution >= 0.6 is 0 Å². The highest BCUT2D eigenvalue weighted by Crippen LogP contribution is 2.32. The van der Waals surface area contributed by atoms with E-state index in [0.717, 1.165) is 0 Å². The van der Waals surface area contributed by atoms with Gasteiger partial charge in [-0.1, -0.05) is 0 Å². The number of hydrogen-bond donors (Lipinski definition) is 2. The van der Waals surface area contributed by atoms with Crippen LogP contribution in [0.2, 0.25) is 0 Å². The lowest BCUT2D eigenvalue weighted by molar-refractivity contribution is 0.0919. The Labute approximate surface area is 151 Å². The van der Waals surface area contributed by atoms with E-state index in [1.165, 1.54) is 12.3 Å². The van der Waals surface area contributed by atoms with Crippen molar-refractivity contribution in [3.8, 4) is 11.5 Å². The van der Waals surface area contributed by atoms with Crippen molar-refractivity contribution in [3.05, 3.63) is 47.8 Å². The standard InChI is InChI=1S/C19H21N3O4/c1-19(2,3)22-17(23)12-6-7-20-14(10-12)18(24)21-13-4-5-15-16(11-13)26-9-8-25-15/h4-7,10-11H,8-9H2,1-3H3,(H,21,24)(H,22,23). The first-order chi connectivity index (χ1) is 12.3. The molecule has 1 aromatic heterocycles. The second-order valence-corrected chi connectivity index (χ2v) is 6.95. The Morgan fingerprint density at radius 2 is 1.73 bits per heavy atom. The number of carbonyl (C=O) groups excluding carboxylic acids is 2. The molecule has 0 unspecified atom stereocenters. The van der Waals surface area contributed by atoms with E-state index >= 15 is 0 Å². The Hall–Kier alpha value is -3.09. The summed E-state index contributed by atoms with van der Waals surface area (Å²) in [6, 6.07) is 8.20. The van der Waals surface area contributed by atoms with Gasteiger partial charge in [-0.2, -0.15) is 0 Å². The van der Waals surface area contributed by atoms with Crippen LogP contribution in [0.3, 0.4) is 0 Å². The summed E-state index contributed by atoms with van der Waals surface area (Å²) in [7, 11) is 0. The molecule has 0 atom stereocenters. The summed E-state index contributed by atoms with van der Waals surface area (Å²) in [6.45, 7) is 6.65. The van der Waals surface area contributed by atoms with Crippen molar-refractivity contribution in [2.45, 2.75) is 26.3 Å². The number of aromatic nitrogens is 1. The number of carbonyl (C=O) groups is 2. The predicted octanol–water partition coefficient (Wildman–Crippen LogP) is 2.63. The van der Waals surface area contributed by atoms with Crippen molar-refractivity contribution in [3.63, 3.8) is 0 Å². The minimum atomic E-state index is -0.410. The largest absolute Gasteiger partial charge is 0.486 e. The summed E-state index contributed by atoms with van der Waals surface area (Å²) in [5.74, 6) is 0.564. The molecule has 1 aromatic carbocycles. The van der Waals surface area contributed by atoms with Gasteiger partial charge in [0.25, 0.3) is 11.8 Å². The number of anilines is 1. The molecule has 1 aliphatic heterocycles. The van der Waals surface area contributed by atoms with Gasteiger partial charge in [0.15, 0.2) is 11.5 Å². The van der Waals surface area contributed by atoms with Gasteiger partial charge in [0.2, 0.25) is 0 Å². The van der Waals surface area contributed by atoms with Gasteiger partial charge in [0.05, 0.1) is 0 Å². The first-order valence-corrected chi connectivity index (χ1v) is 8.31. The number of benzene rings is 1. The van der Waals surface area contributed by atoms with E-state index in [9.17, 15) is 9.59 Å². The Bertz CT molecular complexity index is 843. The van der Waals surface area contributed by atoms with Crippen molar-refractivity contribution >= 4 is 17.5 Å². The zero-order valence-corrected chi connectivity index (χ0v) is 15.0. The number of pyridine rings is 1. The molecule has 0 aliphatic carbocycles. The van der Waals surface area contributed by atoms with Gasteiger partial charge in [0, 0.05) is 29.1 Å². The number of hydrogen-bond acceptors (Lipinski definition) is 5. The van der Waals surface area contributed by atoms with Crippen LogP contribution < -0.4 is 20.1 Å². The van der Waals surface area contributed by atoms with Crippen LogP contribution in [0.5, 0.6) is 11.5 Å². The summed E-state index contributed by atoms with van der Waals surface area (Å²) >= 11 is 0. The molecule has 7 heteroatoms. The van der Waals surface area contributed by atoms with Crippen molar-refractivity contribution in [2.24, 2.45) is 0 Å². The van der Waals surface area contributed by atoms with E-state index in [0.29, 0.717) is 36.0 Å². The summed E-state index contributed by atoms with van der Waals surface area (Å²) in [5.41, 5.74) is 0.725. The number of nitrogens with zero attached hydrogens (tertiary/aromatic N) is 1. The molecule has 1 aliphatic rings. The van der Waals surface area contributed by atoms with Gasteiger partial charge in [-0.25, -0.2) is 0 Å². The third-order valence-electron chi connectivity index (χ3n) is 3.54. The fraction of sp³-hybridized carbons (Fsp3) is 0.316. The first-order valence-electron chi connectivity index (χ1n) is 8.31. The minimum Gasteiger partial charge on any atom is -0.486 e. The predicted molar refractivity (Wildman–Crippen MR) is 96.8 cm³/mol. The molecule has 2 N–H and O–H groups in total. The monoisotopic (exact) mass is 355 g/mol. The maximum absolute atomic E-state index is 12.5. The smallest absolute Gasteiger partial charge is 0.274 e. The van der Waals surface area contributed by atoms with Gasteiger partial charge < -0.3 is 20.1 Å². The van der Waals surface area contributed by atoms with E-state index in [2.05, 4.69) is 15.6 Å². The Kier molecular flexibility index (Phi) is 4.79. The summed E-state index contributed by atoms with van der Waals surface area (Å²) in [6.07, 6.45) is 1.44. The second-order valence-electron chi connectivity index (χ2n) is 6.95. The molecular formula is C19H21N3O4. The molecule has 0 radical (unpaired) electrons. The van der Waals surface area contributed by atoms with Gasteiger partial charge in [-0.05, 0) is 45.0 Å². The van der Waals surface area contributed by atoms with Crippen LogP contribution in [0.1, 0.15) is 41.6 Å². The van der Waals surface area contributed by atoms with Crippen LogP contribution in [0.25, 0.3) is 0 Å². The Morgan fingerprint density at radius 3 is 2.46 bits per heavy atom. The molecule has 3 rings (SSSR count). The van der Waals surface area contributed by atoms with Crippen molar-refractivity contribution < 1.29 is 19.1 Å². The summed E-state index contributed by atoms with van der Waals surface area (Å²) in [4.78, 5) is 28.8. The quantitative estimate of drug-likeness (QED) is 0.883. The van der Waals surface area contributed by atoms with Gasteiger partial charge in [0.1, 0.15) is 18.9 Å². The maximum atomic E-state index is 12.5. The zero-order valence-electron chi connectivity index (χ0n) is 15.0. The SMILES string of the molecule is CC(C)(C)NC(=O)c1ccnc(C(=O)Nc2ccc3c(c2)OCCO3)c1. The summed E-state index contributed by atoms with van der Waals surface area (Å²) in [5, 5.41) is 5.61. The third-order valence-corrected chi connectivity index (χ3v) is 3.54. The summed E-state index contributed by atoms with van der Waals surface area (Å²) < 4.78 is 11.0. The molecule has 0 saturated carbocycles. The lowest BCUT2D eigenvalue weighted by Gasteiger charge is -2.20. The van der Waals surface area contributed by atoms with Crippen LogP contribution in [0.4, 0.5) is 5.69 Å². The minimum absolute atomic E-state index is 0.154. The number of fused-ring (bicyclic) bond motifs is 1. The fourth-order valence-electron chi connectivity index (χ4n) is 2.42. The number of ether oxygens (including phenoxy) is 2. The normalized spacial score (nSPS) is 13.0. The number of nitrogens with one attached hydrogen (secondary N) is 2. The molecule has 0 saturated heterocycles. The van der Waals surface area contributed by atoms with E-state index in [4.69, 9.17) is 9.47 Å². The van der Waals surface area contributed by atoms with Crippen molar-refractivity contribution in [1.29, 1.82) is 0 Å². The maximum Gasteiger partial charge on any atom is 0.274 e. The topological polar surface area (TPSA) is 89.6 Å². The van der Waals surface area contributed by atoms with E-state index in [1.54, 1.807) is 24.3 Å². The average molecular weight is 355 g/mol. The van der Waals surface area contributed by atoms with Crippen LogP contribution in [0, 0.1) is 0 Å². The van der Waals surface area contributed by atoms with Gasteiger partial charge in [-0.3, -0.25) is 14.6 Å². The number of amides is 2. The van der Waals surface area contributed by atoms with Crippen molar-refractivity contribution in [2.75, 3.05) is 18.5 Å². The molecule has 0 bridgehead atoms. The zero-order chi connectivity index (χ0) is 18.7. The highest BCUT2D eigenvalue weighted by molar-refractivity contribution is 6.05. The third kappa shape index (κ3) is 4.30. The average Bonchev–Trinajstić information content (AvgIpc) is 2.60. The van der Waals surface area contributed by atoms with Gasteiger partial charge >= 0.3 is 0 Å². The van der Waals surface area contributed by atoms with Crippen LogP contribution in [0.15, 0.2) is 36.5 Å². The highest BCUT2D eigenvalue weighted by atomic mass is 16.6. The Balaban J connectivity index is 1.74. The molecule has 2 amide bonds. The van der Waals surface area contributed by atoms with Gasteiger partial charge in [-0.15, -0.1) is 0 Å². The van der Waals surface area contributed by atoms with Crippen molar-refractivity contribution in [1.82, 2.24) is 10.3 Å². The molecular weight excluding hydrogens is 334 g/mol. The molecule has 136 valence electrons. The molecule has 2 heterocycles. The first kappa shape index (κ1) is 17.7. The van der Waals surface area contributed by atoms with E-state index in [1.807, 2.05) is 20.8 Å². The van der Waals surface area contributed by atoms with Crippen LogP contribution in [-0.4, -0.2) is 35.6 Å². The molecule has 7 nitrogen and oxygen atoms in total. The molecule has 0 spiro atoms. The molecule has 26 heavy (non-hydrogen) atoms. The fourth-order valence-corrected chi connectivity index (χ4v) is 2.42. The molecule has 0 fully saturated rings. The molecule has 2 aromatic rings. The lowest BCUT2D eigenvalue weighted by atomic mass is 10.1. The van der Waals surface area contributed by atoms with E-state index in [-0.39, 0.29) is 17.1 Å².